The second-order valence-corrected chi connectivity index (χ2v) is 6.34. The summed E-state index contributed by atoms with van der Waals surface area (Å²) in [4.78, 5) is 0. The van der Waals surface area contributed by atoms with Gasteiger partial charge in [-0.05, 0) is 50.3 Å². The zero-order valence-corrected chi connectivity index (χ0v) is 12.9. The standard InChI is InChI=1S/C15H24BrN/c1-11(2)9-12(3)17-13(4)10-14-5-7-15(16)8-6-14/h5-8,11-13,17H,9-10H2,1-4H3. The number of rotatable bonds is 6. The molecule has 0 aromatic heterocycles. The monoisotopic (exact) mass is 297 g/mol. The topological polar surface area (TPSA) is 12.0 Å². The first-order chi connectivity index (χ1) is 7.97. The van der Waals surface area contributed by atoms with Gasteiger partial charge in [0, 0.05) is 16.6 Å². The third kappa shape index (κ3) is 6.23. The number of halogens is 1. The first-order valence-corrected chi connectivity index (χ1v) is 7.27. The molecule has 1 rings (SSSR count). The van der Waals surface area contributed by atoms with Crippen molar-refractivity contribution in [3.05, 3.63) is 34.3 Å². The molecule has 0 aliphatic carbocycles. The van der Waals surface area contributed by atoms with Crippen molar-refractivity contribution in [2.24, 2.45) is 5.92 Å². The molecule has 0 fully saturated rings. The first kappa shape index (κ1) is 14.7. The van der Waals surface area contributed by atoms with Crippen LogP contribution in [0, 0.1) is 5.92 Å². The van der Waals surface area contributed by atoms with Gasteiger partial charge in [0.25, 0.3) is 0 Å². The fourth-order valence-electron chi connectivity index (χ4n) is 2.29. The lowest BCUT2D eigenvalue weighted by molar-refractivity contribution is 0.400. The summed E-state index contributed by atoms with van der Waals surface area (Å²) in [5.74, 6) is 0.761. The SMILES string of the molecule is CC(C)CC(C)NC(C)Cc1ccc(Br)cc1. The molecule has 1 aromatic carbocycles. The van der Waals surface area contributed by atoms with E-state index in [0.29, 0.717) is 12.1 Å². The minimum absolute atomic E-state index is 0.532. The van der Waals surface area contributed by atoms with Crippen LogP contribution in [0.5, 0.6) is 0 Å². The highest BCUT2D eigenvalue weighted by molar-refractivity contribution is 9.10. The fourth-order valence-corrected chi connectivity index (χ4v) is 2.56. The van der Waals surface area contributed by atoms with Gasteiger partial charge in [0.15, 0.2) is 0 Å². The van der Waals surface area contributed by atoms with E-state index in [1.807, 2.05) is 0 Å². The molecule has 0 amide bonds. The summed E-state index contributed by atoms with van der Waals surface area (Å²) in [6, 6.07) is 9.73. The van der Waals surface area contributed by atoms with Crippen molar-refractivity contribution in [1.29, 1.82) is 0 Å². The van der Waals surface area contributed by atoms with Crippen LogP contribution in [-0.4, -0.2) is 12.1 Å². The Labute approximate surface area is 114 Å². The van der Waals surface area contributed by atoms with Crippen LogP contribution < -0.4 is 5.32 Å². The van der Waals surface area contributed by atoms with E-state index in [-0.39, 0.29) is 0 Å². The Morgan fingerprint density at radius 3 is 2.12 bits per heavy atom. The van der Waals surface area contributed by atoms with Crippen LogP contribution >= 0.6 is 15.9 Å². The predicted octanol–water partition coefficient (Wildman–Crippen LogP) is 4.40. The maximum absolute atomic E-state index is 3.66. The van der Waals surface area contributed by atoms with Crippen LogP contribution in [0.2, 0.25) is 0 Å². The Kier molecular flexibility index (Phi) is 6.21. The van der Waals surface area contributed by atoms with Gasteiger partial charge in [0.1, 0.15) is 0 Å². The van der Waals surface area contributed by atoms with Crippen LogP contribution in [0.4, 0.5) is 0 Å². The average Bonchev–Trinajstić information content (AvgIpc) is 2.19. The van der Waals surface area contributed by atoms with Gasteiger partial charge in [-0.2, -0.15) is 0 Å². The van der Waals surface area contributed by atoms with Crippen molar-refractivity contribution in [1.82, 2.24) is 5.32 Å². The largest absolute Gasteiger partial charge is 0.311 e. The van der Waals surface area contributed by atoms with Crippen molar-refractivity contribution >= 4 is 15.9 Å². The smallest absolute Gasteiger partial charge is 0.0175 e. The van der Waals surface area contributed by atoms with E-state index in [0.717, 1.165) is 16.8 Å². The zero-order valence-electron chi connectivity index (χ0n) is 11.3. The normalized spacial score (nSPS) is 14.9. The number of benzene rings is 1. The van der Waals surface area contributed by atoms with Crippen LogP contribution in [0.15, 0.2) is 28.7 Å². The summed E-state index contributed by atoms with van der Waals surface area (Å²) in [7, 11) is 0. The number of nitrogens with one attached hydrogen (secondary N) is 1. The van der Waals surface area contributed by atoms with Crippen LogP contribution in [0.1, 0.15) is 39.7 Å². The molecule has 0 saturated carbocycles. The van der Waals surface area contributed by atoms with Gasteiger partial charge in [-0.15, -0.1) is 0 Å². The summed E-state index contributed by atoms with van der Waals surface area (Å²) in [5.41, 5.74) is 1.39. The molecule has 2 heteroatoms. The van der Waals surface area contributed by atoms with Crippen molar-refractivity contribution in [3.8, 4) is 0 Å². The molecule has 2 atom stereocenters. The van der Waals surface area contributed by atoms with Crippen molar-refractivity contribution in [3.63, 3.8) is 0 Å². The maximum atomic E-state index is 3.66. The zero-order chi connectivity index (χ0) is 12.8. The van der Waals surface area contributed by atoms with Crippen molar-refractivity contribution in [2.75, 3.05) is 0 Å². The van der Waals surface area contributed by atoms with Gasteiger partial charge < -0.3 is 5.32 Å². The van der Waals surface area contributed by atoms with Crippen molar-refractivity contribution in [2.45, 2.75) is 52.6 Å². The van der Waals surface area contributed by atoms with Gasteiger partial charge >= 0.3 is 0 Å². The van der Waals surface area contributed by atoms with Crippen LogP contribution in [0.3, 0.4) is 0 Å². The minimum atomic E-state index is 0.532. The minimum Gasteiger partial charge on any atom is -0.311 e. The Hall–Kier alpha value is -0.340. The van der Waals surface area contributed by atoms with Gasteiger partial charge in [-0.1, -0.05) is 41.9 Å². The quantitative estimate of drug-likeness (QED) is 0.820. The molecule has 0 radical (unpaired) electrons. The molecule has 0 saturated heterocycles. The molecule has 1 aromatic rings. The number of hydrogen-bond acceptors (Lipinski definition) is 1. The van der Waals surface area contributed by atoms with Gasteiger partial charge in [-0.25, -0.2) is 0 Å². The summed E-state index contributed by atoms with van der Waals surface area (Å²) >= 11 is 3.46. The third-order valence-corrected chi connectivity index (χ3v) is 3.38. The molecule has 17 heavy (non-hydrogen) atoms. The van der Waals surface area contributed by atoms with E-state index in [9.17, 15) is 0 Å². The molecule has 1 nitrogen and oxygen atoms in total. The molecule has 0 spiro atoms. The fraction of sp³-hybridized carbons (Fsp3) is 0.600. The Morgan fingerprint density at radius 2 is 1.59 bits per heavy atom. The van der Waals surface area contributed by atoms with Gasteiger partial charge in [-0.3, -0.25) is 0 Å². The number of hydrogen-bond donors (Lipinski definition) is 1. The molecule has 0 heterocycles. The predicted molar refractivity (Wildman–Crippen MR) is 79.4 cm³/mol. The lowest BCUT2D eigenvalue weighted by atomic mass is 10.0. The molecule has 1 N–H and O–H groups in total. The first-order valence-electron chi connectivity index (χ1n) is 6.48. The highest BCUT2D eigenvalue weighted by atomic mass is 79.9. The summed E-state index contributed by atoms with van der Waals surface area (Å²) in [5, 5.41) is 3.66. The van der Waals surface area contributed by atoms with E-state index in [1.165, 1.54) is 12.0 Å². The van der Waals surface area contributed by atoms with E-state index in [2.05, 4.69) is 73.2 Å². The van der Waals surface area contributed by atoms with E-state index in [1.54, 1.807) is 0 Å². The second kappa shape index (κ2) is 7.17. The lowest BCUT2D eigenvalue weighted by Gasteiger charge is -2.21. The Bertz CT molecular complexity index is 318. The lowest BCUT2D eigenvalue weighted by Crippen LogP contribution is -2.36. The maximum Gasteiger partial charge on any atom is 0.0175 e. The molecule has 0 aliphatic heterocycles. The van der Waals surface area contributed by atoms with Gasteiger partial charge in [0.2, 0.25) is 0 Å². The van der Waals surface area contributed by atoms with Crippen molar-refractivity contribution < 1.29 is 0 Å². The van der Waals surface area contributed by atoms with Gasteiger partial charge in [0.05, 0.1) is 0 Å². The summed E-state index contributed by atoms with van der Waals surface area (Å²) in [6.45, 7) is 9.09. The molecule has 96 valence electrons. The van der Waals surface area contributed by atoms with E-state index in [4.69, 9.17) is 0 Å². The Morgan fingerprint density at radius 1 is 1.00 bits per heavy atom. The second-order valence-electron chi connectivity index (χ2n) is 5.43. The molecule has 2 unspecified atom stereocenters. The summed E-state index contributed by atoms with van der Waals surface area (Å²) < 4.78 is 1.15. The van der Waals surface area contributed by atoms with Crippen LogP contribution in [0.25, 0.3) is 0 Å². The highest BCUT2D eigenvalue weighted by Gasteiger charge is 2.09. The average molecular weight is 298 g/mol. The molecular weight excluding hydrogens is 274 g/mol. The van der Waals surface area contributed by atoms with E-state index >= 15 is 0 Å². The highest BCUT2D eigenvalue weighted by Crippen LogP contribution is 2.12. The third-order valence-electron chi connectivity index (χ3n) is 2.85. The molecular formula is C15H24BrN. The summed E-state index contributed by atoms with van der Waals surface area (Å²) in [6.07, 6.45) is 2.33. The van der Waals surface area contributed by atoms with Crippen LogP contribution in [-0.2, 0) is 6.42 Å². The van der Waals surface area contributed by atoms with E-state index < -0.39 is 0 Å². The molecule has 0 aliphatic rings. The Balaban J connectivity index is 2.38. The molecule has 0 bridgehead atoms.